The third kappa shape index (κ3) is 2.19. The normalized spacial score (nSPS) is 22.4. The van der Waals surface area contributed by atoms with Crippen molar-refractivity contribution in [2.45, 2.75) is 18.4 Å². The Labute approximate surface area is 138 Å². The van der Waals surface area contributed by atoms with Crippen molar-refractivity contribution in [2.24, 2.45) is 0 Å². The van der Waals surface area contributed by atoms with Crippen molar-refractivity contribution in [3.8, 4) is 0 Å². The molecule has 0 aromatic heterocycles. The monoisotopic (exact) mass is 325 g/mol. The van der Waals surface area contributed by atoms with Gasteiger partial charge in [-0.2, -0.15) is 0 Å². The summed E-state index contributed by atoms with van der Waals surface area (Å²) in [6.45, 7) is 0.775. The fourth-order valence-corrected chi connectivity index (χ4v) is 3.65. The zero-order chi connectivity index (χ0) is 16.7. The van der Waals surface area contributed by atoms with Crippen LogP contribution in [0, 0.1) is 5.82 Å². The molecule has 0 radical (unpaired) electrons. The third-order valence-corrected chi connectivity index (χ3v) is 4.77. The summed E-state index contributed by atoms with van der Waals surface area (Å²) in [5.74, 6) is -1.26. The van der Waals surface area contributed by atoms with Gasteiger partial charge < -0.3 is 9.64 Å². The lowest BCUT2D eigenvalue weighted by molar-refractivity contribution is -0.0443. The van der Waals surface area contributed by atoms with Gasteiger partial charge >= 0.3 is 5.97 Å². The first-order valence-electron chi connectivity index (χ1n) is 7.97. The fraction of sp³-hybridized carbons (Fsp3) is 0.263. The molecule has 0 N–H and O–H groups in total. The molecule has 0 unspecified atom stereocenters. The minimum Gasteiger partial charge on any atom is -0.449 e. The van der Waals surface area contributed by atoms with Crippen LogP contribution in [-0.2, 0) is 10.3 Å². The zero-order valence-electron chi connectivity index (χ0n) is 13.0. The summed E-state index contributed by atoms with van der Waals surface area (Å²) >= 11 is 0. The van der Waals surface area contributed by atoms with Crippen LogP contribution in [0.1, 0.15) is 39.1 Å². The smallest absolute Gasteiger partial charge is 0.339 e. The number of esters is 1. The Bertz CT molecular complexity index is 835. The second-order valence-corrected chi connectivity index (χ2v) is 6.24. The molecule has 2 aliphatic heterocycles. The number of piperidine rings is 1. The van der Waals surface area contributed by atoms with E-state index in [1.54, 1.807) is 29.2 Å². The molecule has 2 aliphatic rings. The molecule has 122 valence electrons. The van der Waals surface area contributed by atoms with E-state index < -0.39 is 11.4 Å². The number of halogens is 1. The van der Waals surface area contributed by atoms with Gasteiger partial charge in [0.15, 0.2) is 5.60 Å². The summed E-state index contributed by atoms with van der Waals surface area (Å²) in [6, 6.07) is 13.2. The molecule has 5 heteroatoms. The quantitative estimate of drug-likeness (QED) is 0.757. The standard InChI is InChI=1S/C19H16FNO3/c20-16-9-4-2-7-14(16)17(22)21-11-5-10-19(12-21)15-8-3-1-6-13(15)18(23)24-19/h1-4,6-9H,5,10-12H2/t19-/m0/s1. The second kappa shape index (κ2) is 5.44. The van der Waals surface area contributed by atoms with Crippen LogP contribution < -0.4 is 0 Å². The van der Waals surface area contributed by atoms with E-state index >= 15 is 0 Å². The van der Waals surface area contributed by atoms with Gasteiger partial charge in [-0.1, -0.05) is 30.3 Å². The number of carbonyl (C=O) groups excluding carboxylic acids is 2. The van der Waals surface area contributed by atoms with Crippen molar-refractivity contribution in [1.82, 2.24) is 4.90 Å². The van der Waals surface area contributed by atoms with Crippen molar-refractivity contribution in [3.05, 3.63) is 71.0 Å². The maximum absolute atomic E-state index is 13.9. The van der Waals surface area contributed by atoms with Crippen molar-refractivity contribution >= 4 is 11.9 Å². The first-order valence-corrected chi connectivity index (χ1v) is 7.97. The molecule has 24 heavy (non-hydrogen) atoms. The van der Waals surface area contributed by atoms with Crippen molar-refractivity contribution in [3.63, 3.8) is 0 Å². The summed E-state index contributed by atoms with van der Waals surface area (Å²) in [7, 11) is 0. The number of hydrogen-bond donors (Lipinski definition) is 0. The number of carbonyl (C=O) groups is 2. The van der Waals surface area contributed by atoms with Crippen molar-refractivity contribution < 1.29 is 18.7 Å². The van der Waals surface area contributed by atoms with Gasteiger partial charge in [-0.15, -0.1) is 0 Å². The van der Waals surface area contributed by atoms with E-state index in [9.17, 15) is 14.0 Å². The van der Waals surface area contributed by atoms with E-state index in [-0.39, 0.29) is 24.0 Å². The lowest BCUT2D eigenvalue weighted by Gasteiger charge is -2.39. The molecule has 4 nitrogen and oxygen atoms in total. The van der Waals surface area contributed by atoms with Gasteiger partial charge in [0.2, 0.25) is 0 Å². The van der Waals surface area contributed by atoms with E-state index in [0.717, 1.165) is 5.56 Å². The van der Waals surface area contributed by atoms with E-state index in [1.165, 1.54) is 12.1 Å². The van der Waals surface area contributed by atoms with Gasteiger partial charge in [-0.05, 0) is 31.0 Å². The Morgan fingerprint density at radius 1 is 1.12 bits per heavy atom. The number of ether oxygens (including phenoxy) is 1. The molecule has 1 atom stereocenters. The minimum absolute atomic E-state index is 0.0483. The van der Waals surface area contributed by atoms with E-state index in [0.29, 0.717) is 24.9 Å². The molecule has 4 rings (SSSR count). The zero-order valence-corrected chi connectivity index (χ0v) is 13.0. The molecule has 1 amide bonds. The molecule has 0 aliphatic carbocycles. The summed E-state index contributed by atoms with van der Waals surface area (Å²) < 4.78 is 19.6. The van der Waals surface area contributed by atoms with Crippen LogP contribution in [0.2, 0.25) is 0 Å². The number of fused-ring (bicyclic) bond motifs is 2. The van der Waals surface area contributed by atoms with Gasteiger partial charge in [0.05, 0.1) is 17.7 Å². The molecule has 2 aromatic rings. The second-order valence-electron chi connectivity index (χ2n) is 6.24. The topological polar surface area (TPSA) is 46.6 Å². The highest BCUT2D eigenvalue weighted by molar-refractivity contribution is 5.96. The molecule has 2 aromatic carbocycles. The molecule has 0 saturated carbocycles. The van der Waals surface area contributed by atoms with Gasteiger partial charge in [0.1, 0.15) is 5.82 Å². The minimum atomic E-state index is -0.813. The molecular weight excluding hydrogens is 309 g/mol. The predicted octanol–water partition coefficient (Wildman–Crippen LogP) is 3.13. The molecule has 0 bridgehead atoms. The lowest BCUT2D eigenvalue weighted by Crippen LogP contribution is -2.48. The summed E-state index contributed by atoms with van der Waals surface area (Å²) in [5, 5.41) is 0. The highest BCUT2D eigenvalue weighted by Crippen LogP contribution is 2.43. The highest BCUT2D eigenvalue weighted by atomic mass is 19.1. The number of rotatable bonds is 1. The van der Waals surface area contributed by atoms with Gasteiger partial charge in [0.25, 0.3) is 5.91 Å². The van der Waals surface area contributed by atoms with Crippen LogP contribution in [0.5, 0.6) is 0 Å². The van der Waals surface area contributed by atoms with E-state index in [2.05, 4.69) is 0 Å². The molecule has 1 saturated heterocycles. The Morgan fingerprint density at radius 2 is 1.88 bits per heavy atom. The van der Waals surface area contributed by atoms with Gasteiger partial charge in [-0.25, -0.2) is 9.18 Å². The average molecular weight is 325 g/mol. The van der Waals surface area contributed by atoms with E-state index in [1.807, 2.05) is 12.1 Å². The number of benzene rings is 2. The number of amides is 1. The first-order chi connectivity index (χ1) is 11.6. The Hall–Kier alpha value is -2.69. The molecule has 1 fully saturated rings. The van der Waals surface area contributed by atoms with Crippen LogP contribution in [0.4, 0.5) is 4.39 Å². The van der Waals surface area contributed by atoms with E-state index in [4.69, 9.17) is 4.74 Å². The van der Waals surface area contributed by atoms with Crippen molar-refractivity contribution in [1.29, 1.82) is 0 Å². The largest absolute Gasteiger partial charge is 0.449 e. The summed E-state index contributed by atoms with van der Waals surface area (Å²) in [4.78, 5) is 26.4. The average Bonchev–Trinajstić information content (AvgIpc) is 2.87. The van der Waals surface area contributed by atoms with Gasteiger partial charge in [0, 0.05) is 12.1 Å². The van der Waals surface area contributed by atoms with Crippen LogP contribution in [0.3, 0.4) is 0 Å². The Morgan fingerprint density at radius 3 is 2.71 bits per heavy atom. The third-order valence-electron chi connectivity index (χ3n) is 4.77. The molecular formula is C19H16FNO3. The van der Waals surface area contributed by atoms with Crippen LogP contribution in [0.15, 0.2) is 48.5 Å². The number of likely N-dealkylation sites (tertiary alicyclic amines) is 1. The maximum Gasteiger partial charge on any atom is 0.339 e. The SMILES string of the molecule is O=C1O[C@]2(CCCN(C(=O)c3ccccc3F)C2)c2ccccc21. The highest BCUT2D eigenvalue weighted by Gasteiger charge is 2.48. The molecule has 1 spiro atoms. The Kier molecular flexibility index (Phi) is 3.37. The van der Waals surface area contributed by atoms with Crippen LogP contribution >= 0.6 is 0 Å². The number of nitrogens with zero attached hydrogens (tertiary/aromatic N) is 1. The summed E-state index contributed by atoms with van der Waals surface area (Å²) in [5.41, 5.74) is 0.609. The summed E-state index contributed by atoms with van der Waals surface area (Å²) in [6.07, 6.45) is 1.36. The molecule has 2 heterocycles. The van der Waals surface area contributed by atoms with Crippen LogP contribution in [0.25, 0.3) is 0 Å². The van der Waals surface area contributed by atoms with Gasteiger partial charge in [-0.3, -0.25) is 4.79 Å². The lowest BCUT2D eigenvalue weighted by atomic mass is 9.85. The maximum atomic E-state index is 13.9. The van der Waals surface area contributed by atoms with Crippen LogP contribution in [-0.4, -0.2) is 29.9 Å². The fourth-order valence-electron chi connectivity index (χ4n) is 3.65. The van der Waals surface area contributed by atoms with Crippen molar-refractivity contribution in [2.75, 3.05) is 13.1 Å². The first kappa shape index (κ1) is 14.9. The Balaban J connectivity index is 1.67. The predicted molar refractivity (Wildman–Crippen MR) is 85.1 cm³/mol. The number of hydrogen-bond acceptors (Lipinski definition) is 3.